The minimum Gasteiger partial charge on any atom is -0.382 e. The van der Waals surface area contributed by atoms with Crippen LogP contribution in [0.2, 0.25) is 0 Å². The lowest BCUT2D eigenvalue weighted by Crippen LogP contribution is -2.47. The zero-order valence-electron chi connectivity index (χ0n) is 18.6. The Bertz CT molecular complexity index is 932. The number of likely N-dealkylation sites (N-methyl/N-ethyl adjacent to an activating group) is 1. The molecule has 1 atom stereocenters. The molecule has 2 aromatic rings. The van der Waals surface area contributed by atoms with Crippen LogP contribution in [0.3, 0.4) is 0 Å². The molecule has 1 unspecified atom stereocenters. The molecule has 0 radical (unpaired) electrons. The number of hydrogen-bond acceptors (Lipinski definition) is 7. The van der Waals surface area contributed by atoms with Gasteiger partial charge in [-0.25, -0.2) is 0 Å². The second-order valence-electron chi connectivity index (χ2n) is 8.94. The summed E-state index contributed by atoms with van der Waals surface area (Å²) in [4.78, 5) is 21.7. The molecule has 1 amide bonds. The lowest BCUT2D eigenvalue weighted by molar-refractivity contribution is -0.136. The first kappa shape index (κ1) is 21.5. The Morgan fingerprint density at radius 3 is 2.68 bits per heavy atom. The number of carbonyl (C=O) groups is 1. The van der Waals surface area contributed by atoms with E-state index >= 15 is 0 Å². The van der Waals surface area contributed by atoms with Crippen LogP contribution >= 0.6 is 0 Å². The zero-order chi connectivity index (χ0) is 22.0. The Kier molecular flexibility index (Phi) is 6.36. The molecular formula is C23H32N6O2. The predicted octanol–water partition coefficient (Wildman–Crippen LogP) is 3.35. The predicted molar refractivity (Wildman–Crippen MR) is 121 cm³/mol. The van der Waals surface area contributed by atoms with Gasteiger partial charge in [0.1, 0.15) is 0 Å². The Morgan fingerprint density at radius 1 is 1.26 bits per heavy atom. The van der Waals surface area contributed by atoms with Gasteiger partial charge in [0.15, 0.2) is 0 Å². The van der Waals surface area contributed by atoms with Crippen LogP contribution in [0.1, 0.15) is 56.9 Å². The lowest BCUT2D eigenvalue weighted by atomic mass is 9.96. The fourth-order valence-corrected chi connectivity index (χ4v) is 4.56. The van der Waals surface area contributed by atoms with Crippen LogP contribution in [0.4, 0.5) is 5.69 Å². The van der Waals surface area contributed by atoms with Crippen LogP contribution in [-0.4, -0.2) is 70.8 Å². The molecule has 31 heavy (non-hydrogen) atoms. The summed E-state index contributed by atoms with van der Waals surface area (Å²) < 4.78 is 5.61. The van der Waals surface area contributed by atoms with E-state index < -0.39 is 0 Å². The highest BCUT2D eigenvalue weighted by Crippen LogP contribution is 2.31. The first-order chi connectivity index (χ1) is 15.0. The summed E-state index contributed by atoms with van der Waals surface area (Å²) in [5.74, 6) is 1.65. The number of nitrogens with one attached hydrogen (secondary N) is 2. The maximum atomic E-state index is 12.8. The molecule has 4 rings (SSSR count). The number of likely N-dealkylation sites (tertiary alicyclic amines) is 2. The van der Waals surface area contributed by atoms with E-state index in [9.17, 15) is 4.79 Å². The molecule has 0 aliphatic carbocycles. The van der Waals surface area contributed by atoms with E-state index in [4.69, 9.17) is 9.93 Å². The average Bonchev–Trinajstić information content (AvgIpc) is 3.42. The van der Waals surface area contributed by atoms with E-state index in [0.717, 1.165) is 62.1 Å². The third-order valence-electron chi connectivity index (χ3n) is 6.31. The number of aromatic nitrogens is 2. The topological polar surface area (TPSA) is 98.3 Å². The largest absolute Gasteiger partial charge is 0.382 e. The molecule has 8 nitrogen and oxygen atoms in total. The Labute approximate surface area is 183 Å². The fourth-order valence-electron chi connectivity index (χ4n) is 4.56. The van der Waals surface area contributed by atoms with Crippen molar-refractivity contribution in [2.45, 2.75) is 57.5 Å². The van der Waals surface area contributed by atoms with Crippen molar-refractivity contribution in [3.05, 3.63) is 29.7 Å². The van der Waals surface area contributed by atoms with Gasteiger partial charge in [-0.3, -0.25) is 9.69 Å². The van der Waals surface area contributed by atoms with Crippen LogP contribution in [0.25, 0.3) is 11.4 Å². The number of piperidine rings is 1. The number of nitrogens with zero attached hydrogens (tertiary/aromatic N) is 4. The standard InChI is InChI=1S/C23H32N6O2/c1-15(2)25-19-13-17(6-7-18(19)14-24)21-26-22(31-27-21)16-8-11-29(12-9-16)23(30)20-5-4-10-28(20)3/h6-7,13-16,20,24-25H,4-5,8-12H2,1-3H3. The Balaban J connectivity index is 1.42. The average molecular weight is 425 g/mol. The van der Waals surface area contributed by atoms with Crippen molar-refractivity contribution in [2.75, 3.05) is 32.0 Å². The molecule has 1 aromatic carbocycles. The quantitative estimate of drug-likeness (QED) is 0.690. The van der Waals surface area contributed by atoms with Crippen LogP contribution in [0, 0.1) is 5.41 Å². The summed E-state index contributed by atoms with van der Waals surface area (Å²) in [5, 5.41) is 15.2. The van der Waals surface area contributed by atoms with Gasteiger partial charge < -0.3 is 20.1 Å². The molecule has 2 aliphatic rings. The van der Waals surface area contributed by atoms with Crippen molar-refractivity contribution in [1.29, 1.82) is 5.41 Å². The van der Waals surface area contributed by atoms with E-state index in [2.05, 4.69) is 34.2 Å². The Morgan fingerprint density at radius 2 is 2.03 bits per heavy atom. The fraction of sp³-hybridized carbons (Fsp3) is 0.565. The van der Waals surface area contributed by atoms with Gasteiger partial charge in [0.05, 0.1) is 6.04 Å². The zero-order valence-corrected chi connectivity index (χ0v) is 18.6. The number of hydrogen-bond donors (Lipinski definition) is 2. The molecule has 2 saturated heterocycles. The monoisotopic (exact) mass is 424 g/mol. The highest BCUT2D eigenvalue weighted by atomic mass is 16.5. The van der Waals surface area contributed by atoms with Crippen LogP contribution in [-0.2, 0) is 4.79 Å². The molecule has 2 aliphatic heterocycles. The van der Waals surface area contributed by atoms with Crippen molar-refractivity contribution in [1.82, 2.24) is 19.9 Å². The second-order valence-corrected chi connectivity index (χ2v) is 8.94. The summed E-state index contributed by atoms with van der Waals surface area (Å²) >= 11 is 0. The number of anilines is 1. The van der Waals surface area contributed by atoms with Gasteiger partial charge in [0.2, 0.25) is 17.6 Å². The normalized spacial score (nSPS) is 20.4. The van der Waals surface area contributed by atoms with Gasteiger partial charge in [0, 0.05) is 48.1 Å². The minimum absolute atomic E-state index is 0.0455. The summed E-state index contributed by atoms with van der Waals surface area (Å²) in [6.45, 7) is 6.61. The first-order valence-corrected chi connectivity index (χ1v) is 11.2. The summed E-state index contributed by atoms with van der Waals surface area (Å²) in [6, 6.07) is 6.08. The van der Waals surface area contributed by atoms with Crippen molar-refractivity contribution >= 4 is 17.8 Å². The molecule has 3 heterocycles. The number of benzene rings is 1. The summed E-state index contributed by atoms with van der Waals surface area (Å²) in [7, 11) is 2.04. The van der Waals surface area contributed by atoms with E-state index in [1.165, 1.54) is 6.21 Å². The maximum Gasteiger partial charge on any atom is 0.239 e. The smallest absolute Gasteiger partial charge is 0.239 e. The molecule has 0 spiro atoms. The summed E-state index contributed by atoms with van der Waals surface area (Å²) in [6.07, 6.45) is 5.10. The Hall–Kier alpha value is -2.74. The SMILES string of the molecule is CC(C)Nc1cc(-c2noc(C3CCN(C(=O)C4CCCN4C)CC3)n2)ccc1C=N. The number of rotatable bonds is 6. The third-order valence-corrected chi connectivity index (χ3v) is 6.31. The number of amides is 1. The molecule has 1 aromatic heterocycles. The highest BCUT2D eigenvalue weighted by molar-refractivity contribution is 5.87. The van der Waals surface area contributed by atoms with Gasteiger partial charge in [0.25, 0.3) is 0 Å². The van der Waals surface area contributed by atoms with Gasteiger partial charge in [-0.05, 0) is 59.2 Å². The van der Waals surface area contributed by atoms with Gasteiger partial charge in [-0.1, -0.05) is 17.3 Å². The van der Waals surface area contributed by atoms with Crippen molar-refractivity contribution in [3.63, 3.8) is 0 Å². The third kappa shape index (κ3) is 4.63. The highest BCUT2D eigenvalue weighted by Gasteiger charge is 2.34. The van der Waals surface area contributed by atoms with E-state index in [-0.39, 0.29) is 23.9 Å². The van der Waals surface area contributed by atoms with Crippen molar-refractivity contribution in [2.24, 2.45) is 0 Å². The van der Waals surface area contributed by atoms with Gasteiger partial charge in [-0.15, -0.1) is 0 Å². The van der Waals surface area contributed by atoms with Crippen LogP contribution < -0.4 is 5.32 Å². The molecule has 8 heteroatoms. The van der Waals surface area contributed by atoms with Crippen molar-refractivity contribution < 1.29 is 9.32 Å². The van der Waals surface area contributed by atoms with E-state index in [1.807, 2.05) is 30.1 Å². The lowest BCUT2D eigenvalue weighted by Gasteiger charge is -2.33. The molecular weight excluding hydrogens is 392 g/mol. The minimum atomic E-state index is 0.0455. The molecule has 2 N–H and O–H groups in total. The van der Waals surface area contributed by atoms with Gasteiger partial charge in [-0.2, -0.15) is 4.98 Å². The van der Waals surface area contributed by atoms with Crippen molar-refractivity contribution in [3.8, 4) is 11.4 Å². The molecule has 2 fully saturated rings. The maximum absolute atomic E-state index is 12.8. The van der Waals surface area contributed by atoms with Gasteiger partial charge >= 0.3 is 0 Å². The summed E-state index contributed by atoms with van der Waals surface area (Å²) in [5.41, 5.74) is 2.57. The molecule has 0 saturated carbocycles. The van der Waals surface area contributed by atoms with Crippen LogP contribution in [0.15, 0.2) is 22.7 Å². The van der Waals surface area contributed by atoms with Crippen LogP contribution in [0.5, 0.6) is 0 Å². The molecule has 0 bridgehead atoms. The van der Waals surface area contributed by atoms with E-state index in [0.29, 0.717) is 11.7 Å². The molecule has 166 valence electrons. The first-order valence-electron chi connectivity index (χ1n) is 11.2. The number of carbonyl (C=O) groups excluding carboxylic acids is 1. The van der Waals surface area contributed by atoms with E-state index in [1.54, 1.807) is 0 Å². The second kappa shape index (κ2) is 9.18.